The lowest BCUT2D eigenvalue weighted by molar-refractivity contribution is 0.353. The number of aromatic nitrogens is 3. The predicted molar refractivity (Wildman–Crippen MR) is 222 cm³/mol. The molecule has 1 saturated carbocycles. The van der Waals surface area contributed by atoms with E-state index in [0.717, 1.165) is 44.8 Å². The van der Waals surface area contributed by atoms with E-state index in [1.54, 1.807) is 6.20 Å². The molecule has 10 rings (SSSR count). The predicted octanol–water partition coefficient (Wildman–Crippen LogP) is 13.1. The lowest BCUT2D eigenvalue weighted by Gasteiger charge is -2.36. The molecule has 0 saturated heterocycles. The quantitative estimate of drug-likeness (QED) is 0.174. The summed E-state index contributed by atoms with van der Waals surface area (Å²) in [5, 5.41) is 0. The van der Waals surface area contributed by atoms with E-state index < -0.39 is 0 Å². The molecule has 0 unspecified atom stereocenters. The minimum Gasteiger partial charge on any atom is -0.264 e. The molecule has 1 fully saturated rings. The van der Waals surface area contributed by atoms with Gasteiger partial charge in [0.1, 0.15) is 0 Å². The highest BCUT2D eigenvalue weighted by molar-refractivity contribution is 5.93. The molecule has 0 bridgehead atoms. The molecular weight excluding hydrogens is 655 g/mol. The first kappa shape index (κ1) is 32.2. The van der Waals surface area contributed by atoms with Crippen LogP contribution in [-0.2, 0) is 5.41 Å². The van der Waals surface area contributed by atoms with Crippen molar-refractivity contribution >= 4 is 0 Å². The monoisotopic (exact) mass is 693 g/mol. The molecule has 54 heavy (non-hydrogen) atoms. The molecule has 0 amide bonds. The molecule has 0 aliphatic heterocycles. The van der Waals surface area contributed by atoms with Crippen LogP contribution >= 0.6 is 0 Å². The Kier molecular flexibility index (Phi) is 8.06. The normalized spacial score (nSPS) is 14.1. The summed E-state index contributed by atoms with van der Waals surface area (Å²) in [6, 6.07) is 59.0. The van der Waals surface area contributed by atoms with Crippen LogP contribution in [0.2, 0.25) is 0 Å². The summed E-state index contributed by atoms with van der Waals surface area (Å²) in [6.45, 7) is 0. The van der Waals surface area contributed by atoms with Gasteiger partial charge in [-0.1, -0.05) is 165 Å². The minimum atomic E-state index is 0.158. The average molecular weight is 694 g/mol. The van der Waals surface area contributed by atoms with Gasteiger partial charge < -0.3 is 0 Å². The van der Waals surface area contributed by atoms with Crippen LogP contribution in [0.4, 0.5) is 0 Å². The van der Waals surface area contributed by atoms with Crippen molar-refractivity contribution in [3.8, 4) is 78.4 Å². The van der Waals surface area contributed by atoms with Crippen LogP contribution in [0.25, 0.3) is 78.4 Å². The van der Waals surface area contributed by atoms with Crippen molar-refractivity contribution in [3.05, 3.63) is 187 Å². The largest absolute Gasteiger partial charge is 0.264 e. The second kappa shape index (κ2) is 13.5. The first-order valence-corrected chi connectivity index (χ1v) is 19.1. The van der Waals surface area contributed by atoms with Gasteiger partial charge in [-0.25, -0.2) is 9.97 Å². The van der Waals surface area contributed by atoms with Crippen LogP contribution in [0.15, 0.2) is 176 Å². The summed E-state index contributed by atoms with van der Waals surface area (Å²) >= 11 is 0. The third-order valence-corrected chi connectivity index (χ3v) is 11.6. The van der Waals surface area contributed by atoms with Crippen LogP contribution in [0, 0.1) is 0 Å². The number of hydrogen-bond acceptors (Lipinski definition) is 3. The molecule has 0 N–H and O–H groups in total. The van der Waals surface area contributed by atoms with E-state index in [1.807, 2.05) is 30.5 Å². The molecule has 2 heterocycles. The Hall–Kier alpha value is -6.45. The number of fused-ring (bicyclic) bond motifs is 5. The average Bonchev–Trinajstić information content (AvgIpc) is 3.53. The van der Waals surface area contributed by atoms with Gasteiger partial charge in [0.25, 0.3) is 0 Å². The summed E-state index contributed by atoms with van der Waals surface area (Å²) < 4.78 is 0. The molecule has 258 valence electrons. The molecule has 3 nitrogen and oxygen atoms in total. The Bertz CT molecular complexity index is 2600. The maximum Gasteiger partial charge on any atom is 0.160 e. The van der Waals surface area contributed by atoms with E-state index >= 15 is 0 Å². The molecule has 2 aromatic heterocycles. The van der Waals surface area contributed by atoms with Gasteiger partial charge in [0.2, 0.25) is 0 Å². The highest BCUT2D eigenvalue weighted by atomic mass is 14.9. The highest BCUT2D eigenvalue weighted by Gasteiger charge is 2.44. The summed E-state index contributed by atoms with van der Waals surface area (Å²) in [4.78, 5) is 14.5. The van der Waals surface area contributed by atoms with Gasteiger partial charge >= 0.3 is 0 Å². The van der Waals surface area contributed by atoms with E-state index in [0.29, 0.717) is 5.82 Å². The van der Waals surface area contributed by atoms with Gasteiger partial charge in [-0.2, -0.15) is 0 Å². The zero-order valence-corrected chi connectivity index (χ0v) is 30.1. The van der Waals surface area contributed by atoms with Crippen LogP contribution < -0.4 is 0 Å². The number of benzene rings is 6. The Labute approximate surface area is 317 Å². The van der Waals surface area contributed by atoms with E-state index in [1.165, 1.54) is 71.0 Å². The molecule has 3 heteroatoms. The van der Waals surface area contributed by atoms with Gasteiger partial charge in [-0.05, 0) is 86.7 Å². The van der Waals surface area contributed by atoms with Gasteiger partial charge in [-0.3, -0.25) is 4.98 Å². The molecule has 2 aliphatic carbocycles. The zero-order chi connectivity index (χ0) is 35.9. The van der Waals surface area contributed by atoms with Crippen LogP contribution in [-0.4, -0.2) is 15.0 Å². The van der Waals surface area contributed by atoms with Crippen molar-refractivity contribution in [1.29, 1.82) is 0 Å². The van der Waals surface area contributed by atoms with E-state index in [-0.39, 0.29) is 5.41 Å². The summed E-state index contributed by atoms with van der Waals surface area (Å²) in [5.41, 5.74) is 18.1. The Morgan fingerprint density at radius 1 is 0.389 bits per heavy atom. The minimum absolute atomic E-state index is 0.158. The Balaban J connectivity index is 1.00. The van der Waals surface area contributed by atoms with Crippen molar-refractivity contribution in [2.24, 2.45) is 0 Å². The maximum absolute atomic E-state index is 5.12. The van der Waals surface area contributed by atoms with Crippen LogP contribution in [0.3, 0.4) is 0 Å². The first-order valence-electron chi connectivity index (χ1n) is 19.1. The van der Waals surface area contributed by atoms with Gasteiger partial charge in [0.15, 0.2) is 5.82 Å². The summed E-state index contributed by atoms with van der Waals surface area (Å²) in [6.07, 6.45) is 10.1. The maximum atomic E-state index is 5.12. The van der Waals surface area contributed by atoms with Crippen molar-refractivity contribution in [3.63, 3.8) is 0 Å². The lowest BCUT2D eigenvalue weighted by Crippen LogP contribution is -2.27. The van der Waals surface area contributed by atoms with Gasteiger partial charge in [-0.15, -0.1) is 0 Å². The van der Waals surface area contributed by atoms with Crippen molar-refractivity contribution < 1.29 is 0 Å². The fourth-order valence-corrected chi connectivity index (χ4v) is 8.97. The lowest BCUT2D eigenvalue weighted by atomic mass is 9.68. The smallest absolute Gasteiger partial charge is 0.160 e. The molecular formula is C51H39N3. The summed E-state index contributed by atoms with van der Waals surface area (Å²) in [7, 11) is 0. The molecule has 0 radical (unpaired) electrons. The summed E-state index contributed by atoms with van der Waals surface area (Å²) in [5.74, 6) is 0.709. The van der Waals surface area contributed by atoms with Crippen molar-refractivity contribution in [2.45, 2.75) is 37.5 Å². The van der Waals surface area contributed by atoms with Crippen LogP contribution in [0.1, 0.15) is 43.2 Å². The van der Waals surface area contributed by atoms with Gasteiger partial charge in [0, 0.05) is 34.5 Å². The Morgan fingerprint density at radius 3 is 1.76 bits per heavy atom. The fourth-order valence-electron chi connectivity index (χ4n) is 8.97. The van der Waals surface area contributed by atoms with E-state index in [4.69, 9.17) is 9.97 Å². The third kappa shape index (κ3) is 5.64. The SMILES string of the molecule is c1ccc(-c2nc(-c3ccc(-c4cccnc4)cc3)cc(-c3cccc(-c4ccc(-c5cccc6c5-c5ccccc5C65CCCCC5)cc4)c3)n2)cc1. The Morgan fingerprint density at radius 2 is 0.981 bits per heavy atom. The van der Waals surface area contributed by atoms with Crippen LogP contribution in [0.5, 0.6) is 0 Å². The molecule has 2 aliphatic rings. The van der Waals surface area contributed by atoms with E-state index in [2.05, 4.69) is 145 Å². The topological polar surface area (TPSA) is 38.7 Å². The number of nitrogens with zero attached hydrogens (tertiary/aromatic N) is 3. The second-order valence-corrected chi connectivity index (χ2v) is 14.7. The standard InChI is InChI=1S/C51H39N3/c1-3-12-39(13-4-1)50-53-47(38-27-23-36(24-28-38)42-16-11-31-52-34-42)33-48(54-50)41-15-9-14-40(32-41)35-21-25-37(26-22-35)43-18-10-20-46-49(43)44-17-5-6-19-45(44)51(46)29-7-2-8-30-51/h1,3-6,9-28,31-34H,2,7-8,29-30H2. The molecule has 0 atom stereocenters. The number of rotatable bonds is 6. The number of pyridine rings is 1. The zero-order valence-electron chi connectivity index (χ0n) is 30.1. The third-order valence-electron chi connectivity index (χ3n) is 11.6. The fraction of sp³-hybridized carbons (Fsp3) is 0.118. The van der Waals surface area contributed by atoms with Crippen molar-refractivity contribution in [2.75, 3.05) is 0 Å². The molecule has 8 aromatic rings. The van der Waals surface area contributed by atoms with Gasteiger partial charge in [0.05, 0.1) is 11.4 Å². The highest BCUT2D eigenvalue weighted by Crippen LogP contribution is 2.57. The molecule has 6 aromatic carbocycles. The number of hydrogen-bond donors (Lipinski definition) is 0. The second-order valence-electron chi connectivity index (χ2n) is 14.7. The molecule has 1 spiro atoms. The van der Waals surface area contributed by atoms with Crippen molar-refractivity contribution in [1.82, 2.24) is 15.0 Å². The van der Waals surface area contributed by atoms with E-state index in [9.17, 15) is 0 Å². The first-order chi connectivity index (χ1) is 26.7.